The number of hydrogen-bond acceptors (Lipinski definition) is 6. The van der Waals surface area contributed by atoms with Gasteiger partial charge in [0, 0.05) is 12.7 Å². The van der Waals surface area contributed by atoms with Crippen LogP contribution < -0.4 is 0 Å². The van der Waals surface area contributed by atoms with Crippen LogP contribution in [0.4, 0.5) is 0 Å². The van der Waals surface area contributed by atoms with Crippen molar-refractivity contribution in [3.8, 4) is 0 Å². The molecule has 6 heteroatoms. The number of aliphatic hydroxyl groups is 1. The van der Waals surface area contributed by atoms with Gasteiger partial charge in [-0.3, -0.25) is 0 Å². The van der Waals surface area contributed by atoms with Gasteiger partial charge >= 0.3 is 0 Å². The average molecular weight is 322 g/mol. The first-order valence-electron chi connectivity index (χ1n) is 7.65. The van der Waals surface area contributed by atoms with Crippen LogP contribution in [0.25, 0.3) is 0 Å². The lowest BCUT2D eigenvalue weighted by atomic mass is 9.97. The van der Waals surface area contributed by atoms with Gasteiger partial charge < -0.3 is 28.8 Å². The summed E-state index contributed by atoms with van der Waals surface area (Å²) in [6.45, 7) is 4.22. The highest BCUT2D eigenvalue weighted by Crippen LogP contribution is 2.35. The molecular weight excluding hydrogens is 300 g/mol. The Kier molecular flexibility index (Phi) is 5.42. The Labute approximate surface area is 135 Å². The van der Waals surface area contributed by atoms with E-state index in [4.69, 9.17) is 23.7 Å². The second-order valence-corrected chi connectivity index (χ2v) is 5.53. The van der Waals surface area contributed by atoms with Gasteiger partial charge in [-0.2, -0.15) is 0 Å². The van der Waals surface area contributed by atoms with Crippen LogP contribution >= 0.6 is 0 Å². The summed E-state index contributed by atoms with van der Waals surface area (Å²) in [6.07, 6.45) is -2.07. The third-order valence-corrected chi connectivity index (χ3v) is 4.02. The minimum Gasteiger partial charge on any atom is -0.387 e. The number of hydrogen-bond donors (Lipinski definition) is 1. The highest BCUT2D eigenvalue weighted by Gasteiger charge is 2.50. The molecule has 6 atom stereocenters. The minimum atomic E-state index is -0.881. The number of ether oxygens (including phenoxy) is 5. The fraction of sp³-hybridized carbons (Fsp3) is 0.529. The molecule has 23 heavy (non-hydrogen) atoms. The van der Waals surface area contributed by atoms with Gasteiger partial charge in [-0.25, -0.2) is 0 Å². The Morgan fingerprint density at radius 1 is 1.30 bits per heavy atom. The van der Waals surface area contributed by atoms with Crippen molar-refractivity contribution >= 4 is 0 Å². The number of rotatable bonds is 5. The third kappa shape index (κ3) is 3.47. The third-order valence-electron chi connectivity index (χ3n) is 4.02. The Balaban J connectivity index is 1.73. The molecule has 3 rings (SSSR count). The molecule has 0 aromatic heterocycles. The van der Waals surface area contributed by atoms with Gasteiger partial charge in [-0.1, -0.05) is 36.4 Å². The molecule has 1 aromatic rings. The summed E-state index contributed by atoms with van der Waals surface area (Å²) in [5, 5.41) is 10.7. The lowest BCUT2D eigenvalue weighted by molar-refractivity contribution is -0.361. The monoisotopic (exact) mass is 322 g/mol. The van der Waals surface area contributed by atoms with E-state index in [-0.39, 0.29) is 0 Å². The molecule has 0 unspecified atom stereocenters. The van der Waals surface area contributed by atoms with Crippen molar-refractivity contribution in [2.75, 3.05) is 20.3 Å². The van der Waals surface area contributed by atoms with E-state index in [2.05, 4.69) is 6.58 Å². The predicted octanol–water partition coefficient (Wildman–Crippen LogP) is 1.40. The van der Waals surface area contributed by atoms with Crippen molar-refractivity contribution in [3.63, 3.8) is 0 Å². The van der Waals surface area contributed by atoms with Crippen molar-refractivity contribution < 1.29 is 28.8 Å². The van der Waals surface area contributed by atoms with Gasteiger partial charge in [0.25, 0.3) is 0 Å². The molecule has 2 aliphatic rings. The van der Waals surface area contributed by atoms with Gasteiger partial charge in [0.05, 0.1) is 13.2 Å². The molecule has 0 saturated carbocycles. The fourth-order valence-corrected chi connectivity index (χ4v) is 2.89. The molecule has 126 valence electrons. The molecule has 2 fully saturated rings. The molecule has 0 spiro atoms. The van der Waals surface area contributed by atoms with E-state index in [1.165, 1.54) is 7.11 Å². The van der Waals surface area contributed by atoms with E-state index in [1.54, 1.807) is 6.08 Å². The first-order chi connectivity index (χ1) is 11.2. The summed E-state index contributed by atoms with van der Waals surface area (Å²) in [6, 6.07) is 9.60. The minimum absolute atomic E-state index is 0.293. The zero-order valence-corrected chi connectivity index (χ0v) is 13.0. The van der Waals surface area contributed by atoms with Crippen molar-refractivity contribution in [2.45, 2.75) is 37.0 Å². The maximum Gasteiger partial charge on any atom is 0.186 e. The summed E-state index contributed by atoms with van der Waals surface area (Å²) in [5.41, 5.74) is 0.899. The maximum absolute atomic E-state index is 10.7. The van der Waals surface area contributed by atoms with Gasteiger partial charge in [-0.15, -0.1) is 6.58 Å². The molecule has 6 nitrogen and oxygen atoms in total. The van der Waals surface area contributed by atoms with Crippen LogP contribution in [0.2, 0.25) is 0 Å². The molecule has 0 aliphatic carbocycles. The summed E-state index contributed by atoms with van der Waals surface area (Å²) >= 11 is 0. The van der Waals surface area contributed by atoms with Crippen LogP contribution in [0.15, 0.2) is 43.0 Å². The van der Waals surface area contributed by atoms with Crippen molar-refractivity contribution in [1.82, 2.24) is 0 Å². The van der Waals surface area contributed by atoms with Crippen molar-refractivity contribution in [2.24, 2.45) is 0 Å². The predicted molar refractivity (Wildman–Crippen MR) is 81.6 cm³/mol. The summed E-state index contributed by atoms with van der Waals surface area (Å²) in [4.78, 5) is 0. The Hall–Kier alpha value is -1.28. The lowest BCUT2D eigenvalue weighted by Gasteiger charge is -2.47. The second kappa shape index (κ2) is 7.53. The summed E-state index contributed by atoms with van der Waals surface area (Å²) < 4.78 is 28.3. The second-order valence-electron chi connectivity index (χ2n) is 5.53. The molecule has 0 radical (unpaired) electrons. The highest BCUT2D eigenvalue weighted by molar-refractivity contribution is 5.16. The van der Waals surface area contributed by atoms with E-state index in [1.807, 2.05) is 30.3 Å². The topological polar surface area (TPSA) is 66.4 Å². The molecule has 2 aliphatic heterocycles. The smallest absolute Gasteiger partial charge is 0.186 e. The Morgan fingerprint density at radius 2 is 2.09 bits per heavy atom. The molecule has 1 N–H and O–H groups in total. The van der Waals surface area contributed by atoms with Crippen LogP contribution in [-0.4, -0.2) is 56.1 Å². The van der Waals surface area contributed by atoms with Gasteiger partial charge in [0.15, 0.2) is 12.6 Å². The largest absolute Gasteiger partial charge is 0.387 e. The van der Waals surface area contributed by atoms with E-state index in [0.717, 1.165) is 5.56 Å². The van der Waals surface area contributed by atoms with Crippen molar-refractivity contribution in [1.29, 1.82) is 0 Å². The molecule has 2 saturated heterocycles. The zero-order chi connectivity index (χ0) is 16.2. The molecule has 0 amide bonds. The number of methoxy groups -OCH3 is 1. The maximum atomic E-state index is 10.7. The molecule has 2 heterocycles. The SMILES string of the molecule is C=CCO[C@@H]1[C@@H](OC)O[C@@H]2CO[C@@H](c3ccccc3)O[C@H]2[C@@H]1O. The molecule has 0 bridgehead atoms. The number of benzene rings is 1. The quantitative estimate of drug-likeness (QED) is 0.827. The number of aliphatic hydroxyl groups excluding tert-OH is 1. The van der Waals surface area contributed by atoms with E-state index in [0.29, 0.717) is 13.2 Å². The fourth-order valence-electron chi connectivity index (χ4n) is 2.89. The van der Waals surface area contributed by atoms with Crippen LogP contribution in [0.3, 0.4) is 0 Å². The summed E-state index contributed by atoms with van der Waals surface area (Å²) in [5.74, 6) is 0. The van der Waals surface area contributed by atoms with E-state index < -0.39 is 37.0 Å². The van der Waals surface area contributed by atoms with Gasteiger partial charge in [0.2, 0.25) is 0 Å². The van der Waals surface area contributed by atoms with Gasteiger partial charge in [-0.05, 0) is 0 Å². The van der Waals surface area contributed by atoms with E-state index >= 15 is 0 Å². The van der Waals surface area contributed by atoms with Gasteiger partial charge in [0.1, 0.15) is 24.4 Å². The van der Waals surface area contributed by atoms with Crippen LogP contribution in [-0.2, 0) is 23.7 Å². The first-order valence-corrected chi connectivity index (χ1v) is 7.65. The van der Waals surface area contributed by atoms with Crippen LogP contribution in [0.1, 0.15) is 11.9 Å². The Morgan fingerprint density at radius 3 is 2.78 bits per heavy atom. The Bertz CT molecular complexity index is 507. The summed E-state index contributed by atoms with van der Waals surface area (Å²) in [7, 11) is 1.51. The van der Waals surface area contributed by atoms with Crippen LogP contribution in [0, 0.1) is 0 Å². The zero-order valence-electron chi connectivity index (χ0n) is 13.0. The molecular formula is C17H22O6. The highest BCUT2D eigenvalue weighted by atomic mass is 16.8. The molecule has 1 aromatic carbocycles. The van der Waals surface area contributed by atoms with E-state index in [9.17, 15) is 5.11 Å². The van der Waals surface area contributed by atoms with Crippen molar-refractivity contribution in [3.05, 3.63) is 48.6 Å². The number of fused-ring (bicyclic) bond motifs is 1. The first kappa shape index (κ1) is 16.6. The standard InChI is InChI=1S/C17H22O6/c1-3-9-20-15-13(18)14-12(22-17(15)19-2)10-21-16(23-14)11-7-5-4-6-8-11/h3-8,12-18H,1,9-10H2,2H3/t12-,13+,14-,15+,16-,17+/m1/s1. The normalized spacial score (nSPS) is 37.1. The average Bonchev–Trinajstić information content (AvgIpc) is 2.61. The lowest BCUT2D eigenvalue weighted by Crippen LogP contribution is -2.62. The van der Waals surface area contributed by atoms with Crippen LogP contribution in [0.5, 0.6) is 0 Å².